The van der Waals surface area contributed by atoms with Gasteiger partial charge in [0.15, 0.2) is 0 Å². The highest BCUT2D eigenvalue weighted by Gasteiger charge is 2.15. The molecule has 0 fully saturated rings. The van der Waals surface area contributed by atoms with Crippen molar-refractivity contribution in [3.8, 4) is 0 Å². The number of rotatable bonds is 2. The molecule has 0 aliphatic heterocycles. The predicted molar refractivity (Wildman–Crippen MR) is 60.3 cm³/mol. The molecule has 0 heterocycles. The Labute approximate surface area is 89.9 Å². The van der Waals surface area contributed by atoms with Gasteiger partial charge in [-0.3, -0.25) is 0 Å². The van der Waals surface area contributed by atoms with Crippen LogP contribution in [0.2, 0.25) is 0 Å². The van der Waals surface area contributed by atoms with Crippen molar-refractivity contribution < 1.29 is 9.47 Å². The predicted octanol–water partition coefficient (Wildman–Crippen LogP) is 2.52. The highest BCUT2D eigenvalue weighted by atomic mass is 16.5. The Balaban J connectivity index is 2.34. The normalized spacial score (nSPS) is 28.4. The molecule has 0 radical (unpaired) electrons. The van der Waals surface area contributed by atoms with Gasteiger partial charge in [0.1, 0.15) is 11.9 Å². The van der Waals surface area contributed by atoms with Gasteiger partial charge < -0.3 is 9.47 Å². The zero-order chi connectivity index (χ0) is 10.7. The van der Waals surface area contributed by atoms with Crippen molar-refractivity contribution in [2.45, 2.75) is 6.10 Å². The number of hydrogen-bond donors (Lipinski definition) is 0. The van der Waals surface area contributed by atoms with Crippen molar-refractivity contribution in [1.29, 1.82) is 0 Å². The third-order valence-electron chi connectivity index (χ3n) is 2.53. The number of allylic oxidation sites excluding steroid dienone is 6. The number of methoxy groups -OCH3 is 2. The van der Waals surface area contributed by atoms with Crippen LogP contribution in [-0.2, 0) is 9.47 Å². The minimum atomic E-state index is 0.0436. The maximum absolute atomic E-state index is 5.39. The fourth-order valence-electron chi connectivity index (χ4n) is 1.72. The van der Waals surface area contributed by atoms with Gasteiger partial charge in [-0.05, 0) is 23.3 Å². The van der Waals surface area contributed by atoms with Crippen LogP contribution in [0.4, 0.5) is 0 Å². The van der Waals surface area contributed by atoms with Crippen molar-refractivity contribution >= 4 is 0 Å². The average molecular weight is 202 g/mol. The van der Waals surface area contributed by atoms with E-state index in [1.54, 1.807) is 14.2 Å². The molecule has 0 bridgehead atoms. The minimum Gasteiger partial charge on any atom is -0.497 e. The standard InChI is InChI=1S/C13H14O2/c1-14-11-8-7-10(9-11)12-5-3-4-6-13(12)15-2/h3-9,13H,1-2H3. The smallest absolute Gasteiger partial charge is 0.119 e. The van der Waals surface area contributed by atoms with E-state index in [0.29, 0.717) is 0 Å². The van der Waals surface area contributed by atoms with Crippen LogP contribution in [0, 0.1) is 0 Å². The molecule has 2 aliphatic rings. The number of hydrogen-bond acceptors (Lipinski definition) is 2. The topological polar surface area (TPSA) is 18.5 Å². The Morgan fingerprint density at radius 3 is 2.60 bits per heavy atom. The summed E-state index contributed by atoms with van der Waals surface area (Å²) in [5.74, 6) is 0.885. The van der Waals surface area contributed by atoms with Gasteiger partial charge in [0.2, 0.25) is 0 Å². The highest BCUT2D eigenvalue weighted by Crippen LogP contribution is 2.25. The second-order valence-electron chi connectivity index (χ2n) is 3.40. The lowest BCUT2D eigenvalue weighted by molar-refractivity contribution is 0.170. The van der Waals surface area contributed by atoms with Crippen LogP contribution in [0.5, 0.6) is 0 Å². The van der Waals surface area contributed by atoms with E-state index in [-0.39, 0.29) is 6.10 Å². The van der Waals surface area contributed by atoms with Gasteiger partial charge in [0.05, 0.1) is 7.11 Å². The summed E-state index contributed by atoms with van der Waals surface area (Å²) < 4.78 is 10.5. The van der Waals surface area contributed by atoms with Gasteiger partial charge in [0, 0.05) is 7.11 Å². The first kappa shape index (κ1) is 9.99. The molecular formula is C13H14O2. The van der Waals surface area contributed by atoms with Crippen LogP contribution >= 0.6 is 0 Å². The fourth-order valence-corrected chi connectivity index (χ4v) is 1.72. The van der Waals surface area contributed by atoms with Crippen LogP contribution in [0.3, 0.4) is 0 Å². The summed E-state index contributed by atoms with van der Waals surface area (Å²) in [6.45, 7) is 0. The SMILES string of the molecule is COC1=CC(=C2C=CC=CC2OC)C=C1. The minimum absolute atomic E-state index is 0.0436. The van der Waals surface area contributed by atoms with E-state index in [1.165, 1.54) is 5.57 Å². The molecule has 2 nitrogen and oxygen atoms in total. The molecule has 1 unspecified atom stereocenters. The molecule has 0 N–H and O–H groups in total. The van der Waals surface area contributed by atoms with Gasteiger partial charge in [0.25, 0.3) is 0 Å². The maximum Gasteiger partial charge on any atom is 0.119 e. The Morgan fingerprint density at radius 2 is 1.93 bits per heavy atom. The summed E-state index contributed by atoms with van der Waals surface area (Å²) >= 11 is 0. The van der Waals surface area contributed by atoms with Crippen molar-refractivity contribution in [1.82, 2.24) is 0 Å². The quantitative estimate of drug-likeness (QED) is 0.685. The molecule has 1 atom stereocenters. The van der Waals surface area contributed by atoms with Crippen LogP contribution in [0.15, 0.2) is 59.4 Å². The summed E-state index contributed by atoms with van der Waals surface area (Å²) in [5.41, 5.74) is 2.32. The first-order valence-corrected chi connectivity index (χ1v) is 4.91. The molecule has 15 heavy (non-hydrogen) atoms. The van der Waals surface area contributed by atoms with E-state index in [4.69, 9.17) is 9.47 Å². The zero-order valence-electron chi connectivity index (χ0n) is 8.94. The van der Waals surface area contributed by atoms with Crippen LogP contribution in [0.25, 0.3) is 0 Å². The average Bonchev–Trinajstić information content (AvgIpc) is 2.77. The Morgan fingerprint density at radius 1 is 1.07 bits per heavy atom. The van der Waals surface area contributed by atoms with E-state index in [2.05, 4.69) is 6.08 Å². The number of ether oxygens (including phenoxy) is 2. The first-order chi connectivity index (χ1) is 7.35. The maximum atomic E-state index is 5.39. The van der Waals surface area contributed by atoms with Gasteiger partial charge in [-0.25, -0.2) is 0 Å². The molecule has 0 aromatic carbocycles. The van der Waals surface area contributed by atoms with Crippen molar-refractivity contribution in [2.75, 3.05) is 14.2 Å². The zero-order valence-corrected chi connectivity index (χ0v) is 8.94. The third-order valence-corrected chi connectivity index (χ3v) is 2.53. The van der Waals surface area contributed by atoms with Crippen molar-refractivity contribution in [3.63, 3.8) is 0 Å². The van der Waals surface area contributed by atoms with Crippen LogP contribution in [0.1, 0.15) is 0 Å². The molecule has 78 valence electrons. The summed E-state index contributed by atoms with van der Waals surface area (Å²) in [6.07, 6.45) is 14.2. The Kier molecular flexibility index (Phi) is 2.88. The van der Waals surface area contributed by atoms with Crippen LogP contribution in [-0.4, -0.2) is 20.3 Å². The van der Waals surface area contributed by atoms with Gasteiger partial charge >= 0.3 is 0 Å². The molecule has 2 aliphatic carbocycles. The molecule has 0 amide bonds. The molecule has 0 aromatic rings. The second-order valence-corrected chi connectivity index (χ2v) is 3.40. The lowest BCUT2D eigenvalue weighted by atomic mass is 9.99. The monoisotopic (exact) mass is 202 g/mol. The van der Waals surface area contributed by atoms with E-state index in [9.17, 15) is 0 Å². The van der Waals surface area contributed by atoms with Crippen molar-refractivity contribution in [2.24, 2.45) is 0 Å². The van der Waals surface area contributed by atoms with E-state index < -0.39 is 0 Å². The van der Waals surface area contributed by atoms with E-state index in [0.717, 1.165) is 11.3 Å². The van der Waals surface area contributed by atoms with Crippen LogP contribution < -0.4 is 0 Å². The Hall–Kier alpha value is -1.54. The fraction of sp³-hybridized carbons (Fsp3) is 0.231. The molecule has 0 spiro atoms. The van der Waals surface area contributed by atoms with Gasteiger partial charge in [-0.15, -0.1) is 0 Å². The largest absolute Gasteiger partial charge is 0.497 e. The molecule has 0 aromatic heterocycles. The lowest BCUT2D eigenvalue weighted by Crippen LogP contribution is -2.12. The van der Waals surface area contributed by atoms with E-state index in [1.807, 2.05) is 36.5 Å². The Bertz CT molecular complexity index is 395. The third kappa shape index (κ3) is 1.95. The summed E-state index contributed by atoms with van der Waals surface area (Å²) in [7, 11) is 3.39. The van der Waals surface area contributed by atoms with E-state index >= 15 is 0 Å². The molecular weight excluding hydrogens is 188 g/mol. The van der Waals surface area contributed by atoms with Gasteiger partial charge in [-0.1, -0.05) is 30.4 Å². The summed E-state index contributed by atoms with van der Waals surface area (Å²) in [6, 6.07) is 0. The second kappa shape index (κ2) is 4.32. The summed E-state index contributed by atoms with van der Waals surface area (Å²) in [4.78, 5) is 0. The summed E-state index contributed by atoms with van der Waals surface area (Å²) in [5, 5.41) is 0. The molecule has 2 heteroatoms. The molecule has 0 saturated heterocycles. The van der Waals surface area contributed by atoms with Crippen molar-refractivity contribution in [3.05, 3.63) is 59.4 Å². The first-order valence-electron chi connectivity index (χ1n) is 4.91. The lowest BCUT2D eigenvalue weighted by Gasteiger charge is -2.16. The molecule has 2 rings (SSSR count). The molecule has 0 saturated carbocycles. The van der Waals surface area contributed by atoms with Gasteiger partial charge in [-0.2, -0.15) is 0 Å². The highest BCUT2D eigenvalue weighted by molar-refractivity contribution is 5.52.